The highest BCUT2D eigenvalue weighted by atomic mass is 19.1. The molecule has 0 aliphatic carbocycles. The van der Waals surface area contributed by atoms with E-state index in [1.807, 2.05) is 18.3 Å². The molecule has 138 valence electrons. The number of likely N-dealkylation sites (tertiary alicyclic amines) is 1. The molecule has 0 bridgehead atoms. The van der Waals surface area contributed by atoms with Gasteiger partial charge in [-0.05, 0) is 29.7 Å². The van der Waals surface area contributed by atoms with Gasteiger partial charge in [-0.1, -0.05) is 18.2 Å². The van der Waals surface area contributed by atoms with Crippen molar-refractivity contribution in [3.05, 3.63) is 59.5 Å². The number of nitrogens with one attached hydrogen (secondary N) is 2. The Hall–Kier alpha value is -2.67. The van der Waals surface area contributed by atoms with Crippen LogP contribution in [0.2, 0.25) is 0 Å². The topological polar surface area (TPSA) is 66.5 Å². The van der Waals surface area contributed by atoms with E-state index in [9.17, 15) is 9.18 Å². The minimum atomic E-state index is -0.281. The number of aromatic nitrogens is 1. The molecule has 7 heteroatoms. The van der Waals surface area contributed by atoms with E-state index >= 15 is 0 Å². The number of carbonyl (C=O) groups is 1. The third-order valence-corrected chi connectivity index (χ3v) is 4.39. The number of amides is 2. The Morgan fingerprint density at radius 1 is 1.27 bits per heavy atom. The fourth-order valence-corrected chi connectivity index (χ4v) is 3.00. The Balaban J connectivity index is 1.40. The number of hydrogen-bond acceptors (Lipinski definition) is 4. The highest BCUT2D eigenvalue weighted by Crippen LogP contribution is 2.14. The molecule has 1 saturated heterocycles. The van der Waals surface area contributed by atoms with Crippen molar-refractivity contribution in [1.82, 2.24) is 20.5 Å². The molecule has 0 radical (unpaired) electrons. The standard InChI is InChI=1S/C19H23FN4O2/c1-26-18-7-4-15(11-21-18)12-24-9-8-17(13-24)23-19(25)22-10-14-2-5-16(20)6-3-14/h2-7,11,17H,8-10,12-13H2,1H3,(H2,22,23,25)/t17-/m0/s1. The van der Waals surface area contributed by atoms with Gasteiger partial charge in [-0.25, -0.2) is 14.2 Å². The van der Waals surface area contributed by atoms with E-state index in [4.69, 9.17) is 4.74 Å². The minimum absolute atomic E-state index is 0.120. The van der Waals surface area contributed by atoms with Gasteiger partial charge in [0, 0.05) is 44.5 Å². The maximum atomic E-state index is 12.9. The molecule has 1 aromatic heterocycles. The summed E-state index contributed by atoms with van der Waals surface area (Å²) in [6, 6.07) is 9.87. The van der Waals surface area contributed by atoms with E-state index in [1.165, 1.54) is 12.1 Å². The van der Waals surface area contributed by atoms with Crippen LogP contribution in [0.15, 0.2) is 42.6 Å². The summed E-state index contributed by atoms with van der Waals surface area (Å²) in [5, 5.41) is 5.80. The minimum Gasteiger partial charge on any atom is -0.481 e. The third-order valence-electron chi connectivity index (χ3n) is 4.39. The molecule has 2 amide bonds. The first kappa shape index (κ1) is 18.1. The maximum absolute atomic E-state index is 12.9. The van der Waals surface area contributed by atoms with Gasteiger partial charge in [0.05, 0.1) is 7.11 Å². The van der Waals surface area contributed by atoms with Crippen molar-refractivity contribution in [2.75, 3.05) is 20.2 Å². The predicted octanol–water partition coefficient (Wildman–Crippen LogP) is 2.30. The normalized spacial score (nSPS) is 17.1. The first-order valence-corrected chi connectivity index (χ1v) is 8.62. The molecule has 3 rings (SSSR count). The van der Waals surface area contributed by atoms with Crippen LogP contribution in [-0.4, -0.2) is 42.2 Å². The molecule has 2 heterocycles. The van der Waals surface area contributed by atoms with Gasteiger partial charge in [-0.2, -0.15) is 0 Å². The lowest BCUT2D eigenvalue weighted by atomic mass is 10.2. The quantitative estimate of drug-likeness (QED) is 0.832. The van der Waals surface area contributed by atoms with Gasteiger partial charge in [0.2, 0.25) is 5.88 Å². The molecular weight excluding hydrogens is 335 g/mol. The van der Waals surface area contributed by atoms with Gasteiger partial charge in [0.15, 0.2) is 0 Å². The van der Waals surface area contributed by atoms with Crippen molar-refractivity contribution in [3.8, 4) is 5.88 Å². The van der Waals surface area contributed by atoms with Crippen LogP contribution in [0.5, 0.6) is 5.88 Å². The van der Waals surface area contributed by atoms with Crippen molar-refractivity contribution < 1.29 is 13.9 Å². The SMILES string of the molecule is COc1ccc(CN2CC[C@H](NC(=O)NCc3ccc(F)cc3)C2)cn1. The van der Waals surface area contributed by atoms with Crippen LogP contribution in [0.25, 0.3) is 0 Å². The average Bonchev–Trinajstić information content (AvgIpc) is 3.08. The lowest BCUT2D eigenvalue weighted by Crippen LogP contribution is -2.43. The van der Waals surface area contributed by atoms with Crippen LogP contribution in [0.3, 0.4) is 0 Å². The monoisotopic (exact) mass is 358 g/mol. The number of pyridine rings is 1. The number of carbonyl (C=O) groups excluding carboxylic acids is 1. The molecule has 26 heavy (non-hydrogen) atoms. The smallest absolute Gasteiger partial charge is 0.315 e. The van der Waals surface area contributed by atoms with Crippen LogP contribution in [-0.2, 0) is 13.1 Å². The number of rotatable bonds is 6. The van der Waals surface area contributed by atoms with Gasteiger partial charge in [0.25, 0.3) is 0 Å². The number of hydrogen-bond donors (Lipinski definition) is 2. The molecule has 2 N–H and O–H groups in total. The zero-order chi connectivity index (χ0) is 18.4. The van der Waals surface area contributed by atoms with E-state index in [2.05, 4.69) is 20.5 Å². The predicted molar refractivity (Wildman–Crippen MR) is 96.2 cm³/mol. The molecule has 1 aliphatic rings. The molecule has 0 spiro atoms. The largest absolute Gasteiger partial charge is 0.481 e. The molecular formula is C19H23FN4O2. The second-order valence-corrected chi connectivity index (χ2v) is 6.38. The summed E-state index contributed by atoms with van der Waals surface area (Å²) in [5.41, 5.74) is 1.98. The van der Waals surface area contributed by atoms with Gasteiger partial charge in [0.1, 0.15) is 5.82 Å². The molecule has 0 saturated carbocycles. The number of methoxy groups -OCH3 is 1. The van der Waals surface area contributed by atoms with Crippen LogP contribution in [0, 0.1) is 5.82 Å². The summed E-state index contributed by atoms with van der Waals surface area (Å²) in [4.78, 5) is 18.5. The fourth-order valence-electron chi connectivity index (χ4n) is 3.00. The summed E-state index contributed by atoms with van der Waals surface area (Å²) in [7, 11) is 1.60. The van der Waals surface area contributed by atoms with E-state index < -0.39 is 0 Å². The van der Waals surface area contributed by atoms with Gasteiger partial charge >= 0.3 is 6.03 Å². The number of ether oxygens (including phenoxy) is 1. The van der Waals surface area contributed by atoms with Crippen molar-refractivity contribution in [1.29, 1.82) is 0 Å². The first-order valence-electron chi connectivity index (χ1n) is 8.62. The first-order chi connectivity index (χ1) is 12.6. The number of halogens is 1. The van der Waals surface area contributed by atoms with E-state index in [0.717, 1.165) is 37.2 Å². The Morgan fingerprint density at radius 3 is 2.73 bits per heavy atom. The van der Waals surface area contributed by atoms with Gasteiger partial charge < -0.3 is 15.4 Å². The van der Waals surface area contributed by atoms with Crippen LogP contribution < -0.4 is 15.4 Å². The van der Waals surface area contributed by atoms with Crippen LogP contribution >= 0.6 is 0 Å². The summed E-state index contributed by atoms with van der Waals surface area (Å²) >= 11 is 0. The Kier molecular flexibility index (Phi) is 6.01. The number of nitrogens with zero attached hydrogens (tertiary/aromatic N) is 2. The summed E-state index contributed by atoms with van der Waals surface area (Å²) in [6.45, 7) is 2.90. The lowest BCUT2D eigenvalue weighted by molar-refractivity contribution is 0.235. The summed E-state index contributed by atoms with van der Waals surface area (Å²) in [5.74, 6) is 0.323. The molecule has 1 fully saturated rings. The van der Waals surface area contributed by atoms with Crippen molar-refractivity contribution in [2.24, 2.45) is 0 Å². The van der Waals surface area contributed by atoms with E-state index in [1.54, 1.807) is 19.2 Å². The van der Waals surface area contributed by atoms with Gasteiger partial charge in [-0.15, -0.1) is 0 Å². The van der Waals surface area contributed by atoms with Crippen molar-refractivity contribution in [3.63, 3.8) is 0 Å². The third kappa shape index (κ3) is 5.16. The maximum Gasteiger partial charge on any atom is 0.315 e. The van der Waals surface area contributed by atoms with Crippen molar-refractivity contribution >= 4 is 6.03 Å². The Labute approximate surface area is 152 Å². The highest BCUT2D eigenvalue weighted by molar-refractivity contribution is 5.74. The fraction of sp³-hybridized carbons (Fsp3) is 0.368. The highest BCUT2D eigenvalue weighted by Gasteiger charge is 2.23. The molecule has 1 aromatic carbocycles. The second kappa shape index (κ2) is 8.62. The van der Waals surface area contributed by atoms with E-state index in [0.29, 0.717) is 12.4 Å². The van der Waals surface area contributed by atoms with Crippen LogP contribution in [0.4, 0.5) is 9.18 Å². The van der Waals surface area contributed by atoms with Crippen molar-refractivity contribution in [2.45, 2.75) is 25.6 Å². The zero-order valence-electron chi connectivity index (χ0n) is 14.7. The summed E-state index contributed by atoms with van der Waals surface area (Å²) < 4.78 is 17.9. The van der Waals surface area contributed by atoms with Crippen LogP contribution in [0.1, 0.15) is 17.5 Å². The summed E-state index contributed by atoms with van der Waals surface area (Å²) in [6.07, 6.45) is 2.72. The molecule has 1 aliphatic heterocycles. The molecule has 1 atom stereocenters. The second-order valence-electron chi connectivity index (χ2n) is 6.38. The molecule has 6 nitrogen and oxygen atoms in total. The zero-order valence-corrected chi connectivity index (χ0v) is 14.7. The molecule has 2 aromatic rings. The Bertz CT molecular complexity index is 721. The van der Waals surface area contributed by atoms with Gasteiger partial charge in [-0.3, -0.25) is 4.90 Å². The average molecular weight is 358 g/mol. The molecule has 0 unspecified atom stereocenters. The lowest BCUT2D eigenvalue weighted by Gasteiger charge is -2.17. The van der Waals surface area contributed by atoms with E-state index in [-0.39, 0.29) is 17.9 Å². The number of urea groups is 1. The Morgan fingerprint density at radius 2 is 2.04 bits per heavy atom. The number of benzene rings is 1.